The van der Waals surface area contributed by atoms with Crippen LogP contribution >= 0.6 is 12.4 Å². The van der Waals surface area contributed by atoms with E-state index >= 15 is 0 Å². The summed E-state index contributed by atoms with van der Waals surface area (Å²) in [6.45, 7) is 1.83. The molecule has 2 heterocycles. The lowest BCUT2D eigenvalue weighted by molar-refractivity contribution is -0.00190. The third-order valence-electron chi connectivity index (χ3n) is 3.22. The minimum atomic E-state index is -0.222. The van der Waals surface area contributed by atoms with Crippen molar-refractivity contribution in [2.45, 2.75) is 18.4 Å². The Bertz CT molecular complexity index is 427. The van der Waals surface area contributed by atoms with E-state index < -0.39 is 0 Å². The van der Waals surface area contributed by atoms with Gasteiger partial charge in [-0.05, 0) is 24.2 Å². The van der Waals surface area contributed by atoms with E-state index in [0.29, 0.717) is 0 Å². The molecule has 1 atom stereocenters. The van der Waals surface area contributed by atoms with Crippen molar-refractivity contribution in [2.24, 2.45) is 5.16 Å². The van der Waals surface area contributed by atoms with Gasteiger partial charge in [-0.2, -0.15) is 0 Å². The molecule has 1 aromatic carbocycles. The smallest absolute Gasteiger partial charge is 0.156 e. The molecule has 0 aliphatic carbocycles. The van der Waals surface area contributed by atoms with Crippen molar-refractivity contribution in [3.05, 3.63) is 35.6 Å². The highest BCUT2D eigenvalue weighted by Gasteiger charge is 2.41. The molecule has 1 spiro atoms. The van der Waals surface area contributed by atoms with Crippen molar-refractivity contribution >= 4 is 18.1 Å². The largest absolute Gasteiger partial charge is 0.387 e. The van der Waals surface area contributed by atoms with Gasteiger partial charge < -0.3 is 10.2 Å². The summed E-state index contributed by atoms with van der Waals surface area (Å²) in [6, 6.07) is 6.41. The maximum Gasteiger partial charge on any atom is 0.156 e. The second-order valence-corrected chi connectivity index (χ2v) is 4.42. The third kappa shape index (κ3) is 2.28. The van der Waals surface area contributed by atoms with Crippen LogP contribution in [0.4, 0.5) is 4.39 Å². The summed E-state index contributed by atoms with van der Waals surface area (Å²) < 4.78 is 12.8. The quantitative estimate of drug-likeness (QED) is 0.835. The number of nitrogens with one attached hydrogen (secondary N) is 1. The van der Waals surface area contributed by atoms with Gasteiger partial charge in [-0.25, -0.2) is 4.39 Å². The third-order valence-corrected chi connectivity index (χ3v) is 3.22. The van der Waals surface area contributed by atoms with Gasteiger partial charge in [0.25, 0.3) is 0 Å². The number of rotatable bonds is 1. The molecule has 1 aromatic rings. The summed E-state index contributed by atoms with van der Waals surface area (Å²) in [5.41, 5.74) is 1.72. The van der Waals surface area contributed by atoms with Crippen LogP contribution in [0.2, 0.25) is 0 Å². The Morgan fingerprint density at radius 2 is 2.06 bits per heavy atom. The Kier molecular flexibility index (Phi) is 3.35. The first-order valence-electron chi connectivity index (χ1n) is 5.49. The Labute approximate surface area is 105 Å². The van der Waals surface area contributed by atoms with Gasteiger partial charge in [-0.15, -0.1) is 12.4 Å². The van der Waals surface area contributed by atoms with Crippen molar-refractivity contribution in [1.29, 1.82) is 0 Å². The standard InChI is InChI=1S/C12H13FN2O.ClH/c13-10-3-1-9(2-4-10)11-7-12(16-15-11)5-6-14-8-12;/h1-4,14H,5-8H2;1H. The Hall–Kier alpha value is -1.13. The molecule has 0 saturated carbocycles. The van der Waals surface area contributed by atoms with E-state index in [1.54, 1.807) is 12.1 Å². The zero-order chi connectivity index (χ0) is 11.0. The molecule has 0 aromatic heterocycles. The van der Waals surface area contributed by atoms with Crippen molar-refractivity contribution in [3.63, 3.8) is 0 Å². The van der Waals surface area contributed by atoms with E-state index in [-0.39, 0.29) is 23.8 Å². The molecule has 5 heteroatoms. The predicted molar refractivity (Wildman–Crippen MR) is 66.1 cm³/mol. The zero-order valence-electron chi connectivity index (χ0n) is 9.28. The van der Waals surface area contributed by atoms with Crippen LogP contribution < -0.4 is 5.32 Å². The highest BCUT2D eigenvalue weighted by Crippen LogP contribution is 2.31. The maximum atomic E-state index is 12.8. The van der Waals surface area contributed by atoms with Crippen molar-refractivity contribution in [3.8, 4) is 0 Å². The number of oxime groups is 1. The molecule has 92 valence electrons. The molecule has 0 bridgehead atoms. The first-order valence-corrected chi connectivity index (χ1v) is 5.49. The average Bonchev–Trinajstić information content (AvgIpc) is 2.91. The molecule has 2 aliphatic heterocycles. The Balaban J connectivity index is 0.00000108. The van der Waals surface area contributed by atoms with Gasteiger partial charge in [0.05, 0.1) is 5.71 Å². The fraction of sp³-hybridized carbons (Fsp3) is 0.417. The Morgan fingerprint density at radius 3 is 2.71 bits per heavy atom. The van der Waals surface area contributed by atoms with Crippen LogP contribution in [0.1, 0.15) is 18.4 Å². The minimum Gasteiger partial charge on any atom is -0.387 e. The van der Waals surface area contributed by atoms with E-state index in [0.717, 1.165) is 37.2 Å². The van der Waals surface area contributed by atoms with Gasteiger partial charge in [0.1, 0.15) is 5.82 Å². The highest BCUT2D eigenvalue weighted by molar-refractivity contribution is 6.01. The van der Waals surface area contributed by atoms with Gasteiger partial charge in [0.2, 0.25) is 0 Å². The minimum absolute atomic E-state index is 0. The van der Waals surface area contributed by atoms with Gasteiger partial charge in [-0.1, -0.05) is 17.3 Å². The van der Waals surface area contributed by atoms with Crippen LogP contribution in [0.15, 0.2) is 29.4 Å². The summed E-state index contributed by atoms with van der Waals surface area (Å²) in [4.78, 5) is 5.53. The van der Waals surface area contributed by atoms with Gasteiger partial charge in [-0.3, -0.25) is 0 Å². The second kappa shape index (κ2) is 4.63. The number of hydrogen-bond acceptors (Lipinski definition) is 3. The van der Waals surface area contributed by atoms with Gasteiger partial charge in [0.15, 0.2) is 5.60 Å². The van der Waals surface area contributed by atoms with Crippen molar-refractivity contribution in [2.75, 3.05) is 13.1 Å². The van der Waals surface area contributed by atoms with Crippen LogP contribution in [0.5, 0.6) is 0 Å². The normalized spacial score (nSPS) is 26.5. The molecular formula is C12H14ClFN2O. The molecule has 17 heavy (non-hydrogen) atoms. The summed E-state index contributed by atoms with van der Waals surface area (Å²) in [7, 11) is 0. The van der Waals surface area contributed by atoms with E-state index in [1.165, 1.54) is 12.1 Å². The first-order chi connectivity index (χ1) is 7.77. The lowest BCUT2D eigenvalue weighted by atomic mass is 9.93. The van der Waals surface area contributed by atoms with Gasteiger partial charge >= 0.3 is 0 Å². The zero-order valence-corrected chi connectivity index (χ0v) is 10.1. The summed E-state index contributed by atoms with van der Waals surface area (Å²) in [6.07, 6.45) is 1.80. The van der Waals surface area contributed by atoms with Crippen LogP contribution in [0.3, 0.4) is 0 Å². The summed E-state index contributed by atoms with van der Waals surface area (Å²) >= 11 is 0. The number of benzene rings is 1. The lowest BCUT2D eigenvalue weighted by Gasteiger charge is -2.18. The molecule has 0 amide bonds. The maximum absolute atomic E-state index is 12.8. The lowest BCUT2D eigenvalue weighted by Crippen LogP contribution is -2.31. The molecule has 1 N–H and O–H groups in total. The second-order valence-electron chi connectivity index (χ2n) is 4.42. The van der Waals surface area contributed by atoms with Crippen LogP contribution in [0, 0.1) is 5.82 Å². The van der Waals surface area contributed by atoms with Crippen LogP contribution in [0.25, 0.3) is 0 Å². The fourth-order valence-corrected chi connectivity index (χ4v) is 2.27. The summed E-state index contributed by atoms with van der Waals surface area (Å²) in [5, 5.41) is 7.40. The Morgan fingerprint density at radius 1 is 1.29 bits per heavy atom. The van der Waals surface area contributed by atoms with Crippen molar-refractivity contribution < 1.29 is 9.23 Å². The SMILES string of the molecule is Cl.Fc1ccc(C2=NOC3(CCNC3)C2)cc1. The molecule has 1 fully saturated rings. The number of nitrogens with zero attached hydrogens (tertiary/aromatic N) is 1. The first kappa shape index (κ1) is 12.3. The van der Waals surface area contributed by atoms with E-state index in [9.17, 15) is 4.39 Å². The number of hydrogen-bond donors (Lipinski definition) is 1. The monoisotopic (exact) mass is 256 g/mol. The fourth-order valence-electron chi connectivity index (χ4n) is 2.27. The number of halogens is 2. The highest BCUT2D eigenvalue weighted by atomic mass is 35.5. The predicted octanol–water partition coefficient (Wildman–Crippen LogP) is 2.10. The topological polar surface area (TPSA) is 33.6 Å². The summed E-state index contributed by atoms with van der Waals surface area (Å²) in [5.74, 6) is -0.222. The molecule has 3 nitrogen and oxygen atoms in total. The van der Waals surface area contributed by atoms with Crippen molar-refractivity contribution in [1.82, 2.24) is 5.32 Å². The van der Waals surface area contributed by atoms with E-state index in [1.807, 2.05) is 0 Å². The molecule has 3 rings (SSSR count). The van der Waals surface area contributed by atoms with E-state index in [4.69, 9.17) is 4.84 Å². The molecular weight excluding hydrogens is 243 g/mol. The molecule has 2 aliphatic rings. The molecule has 0 radical (unpaired) electrons. The average molecular weight is 257 g/mol. The van der Waals surface area contributed by atoms with Crippen LogP contribution in [-0.2, 0) is 4.84 Å². The molecule has 1 saturated heterocycles. The van der Waals surface area contributed by atoms with Gasteiger partial charge in [0, 0.05) is 19.4 Å². The van der Waals surface area contributed by atoms with Crippen LogP contribution in [-0.4, -0.2) is 24.4 Å². The van der Waals surface area contributed by atoms with E-state index in [2.05, 4.69) is 10.5 Å². The molecule has 1 unspecified atom stereocenters.